The van der Waals surface area contributed by atoms with E-state index in [0.717, 1.165) is 4.88 Å². The van der Waals surface area contributed by atoms with Crippen LogP contribution in [0.3, 0.4) is 0 Å². The number of aromatic nitrogens is 2. The van der Waals surface area contributed by atoms with Crippen LogP contribution in [0.5, 0.6) is 0 Å². The zero-order chi connectivity index (χ0) is 16.9. The third-order valence-corrected chi connectivity index (χ3v) is 4.47. The molecule has 0 aliphatic heterocycles. The first-order valence-electron chi connectivity index (χ1n) is 7.66. The number of fused-ring (bicyclic) bond motifs is 1. The van der Waals surface area contributed by atoms with Gasteiger partial charge in [-0.2, -0.15) is 0 Å². The molecule has 3 aromatic rings. The highest BCUT2D eigenvalue weighted by molar-refractivity contribution is 7.10. The molecule has 2 aromatic heterocycles. The lowest BCUT2D eigenvalue weighted by molar-refractivity contribution is -0.126. The number of H-pyrrole nitrogens is 1. The zero-order valence-electron chi connectivity index (χ0n) is 13.2. The molecular weight excluding hydrogens is 322 g/mol. The number of para-hydroxylation sites is 1. The second kappa shape index (κ2) is 7.23. The minimum atomic E-state index is -0.187. The van der Waals surface area contributed by atoms with Crippen LogP contribution < -0.4 is 5.56 Å². The van der Waals surface area contributed by atoms with E-state index in [9.17, 15) is 9.59 Å². The standard InChI is InChI=1S/C18H17N3O2S/c1-2-21(17(22)10-9-13-6-5-11-24-13)12-16-19-15-8-4-3-7-14(15)18(23)20-16/h3-11H,2,12H2,1H3,(H,19,20,23). The van der Waals surface area contributed by atoms with Crippen LogP contribution in [0.2, 0.25) is 0 Å². The van der Waals surface area contributed by atoms with E-state index in [1.54, 1.807) is 46.6 Å². The van der Waals surface area contributed by atoms with E-state index < -0.39 is 0 Å². The molecule has 0 fully saturated rings. The molecule has 0 aliphatic carbocycles. The number of carbonyl (C=O) groups is 1. The summed E-state index contributed by atoms with van der Waals surface area (Å²) in [5.41, 5.74) is 0.446. The Balaban J connectivity index is 1.80. The molecule has 0 saturated heterocycles. The number of aromatic amines is 1. The number of benzene rings is 1. The van der Waals surface area contributed by atoms with Gasteiger partial charge >= 0.3 is 0 Å². The highest BCUT2D eigenvalue weighted by Gasteiger charge is 2.12. The molecule has 0 aliphatic rings. The summed E-state index contributed by atoms with van der Waals surface area (Å²) in [6.45, 7) is 2.70. The van der Waals surface area contributed by atoms with Crippen molar-refractivity contribution < 1.29 is 4.79 Å². The molecule has 24 heavy (non-hydrogen) atoms. The normalized spacial score (nSPS) is 11.2. The monoisotopic (exact) mass is 339 g/mol. The molecule has 1 N–H and O–H groups in total. The Labute approximate surface area is 143 Å². The number of hydrogen-bond donors (Lipinski definition) is 1. The van der Waals surface area contributed by atoms with Crippen LogP contribution in [0.15, 0.2) is 52.6 Å². The van der Waals surface area contributed by atoms with Gasteiger partial charge in [-0.05, 0) is 36.6 Å². The van der Waals surface area contributed by atoms with Crippen molar-refractivity contribution in [2.75, 3.05) is 6.54 Å². The van der Waals surface area contributed by atoms with E-state index in [1.165, 1.54) is 0 Å². The fraction of sp³-hybridized carbons (Fsp3) is 0.167. The van der Waals surface area contributed by atoms with Crippen molar-refractivity contribution in [3.05, 3.63) is 68.9 Å². The number of nitrogens with zero attached hydrogens (tertiary/aromatic N) is 2. The summed E-state index contributed by atoms with van der Waals surface area (Å²) in [5.74, 6) is 0.375. The van der Waals surface area contributed by atoms with Crippen LogP contribution >= 0.6 is 11.3 Å². The van der Waals surface area contributed by atoms with Crippen LogP contribution in [-0.2, 0) is 11.3 Å². The number of likely N-dealkylation sites (N-methyl/N-ethyl adjacent to an activating group) is 1. The molecule has 1 aromatic carbocycles. The van der Waals surface area contributed by atoms with Crippen LogP contribution in [0.25, 0.3) is 17.0 Å². The van der Waals surface area contributed by atoms with Gasteiger partial charge in [-0.1, -0.05) is 18.2 Å². The first-order valence-corrected chi connectivity index (χ1v) is 8.54. The SMILES string of the molecule is CCN(Cc1nc2ccccc2c(=O)[nH]1)C(=O)C=Cc1cccs1. The molecule has 0 saturated carbocycles. The summed E-state index contributed by atoms with van der Waals surface area (Å²) >= 11 is 1.57. The van der Waals surface area contributed by atoms with Crippen molar-refractivity contribution in [1.82, 2.24) is 14.9 Å². The average molecular weight is 339 g/mol. The van der Waals surface area contributed by atoms with Gasteiger partial charge in [-0.3, -0.25) is 9.59 Å². The second-order valence-electron chi connectivity index (χ2n) is 5.23. The van der Waals surface area contributed by atoms with Gasteiger partial charge in [-0.25, -0.2) is 4.98 Å². The molecule has 1 amide bonds. The molecule has 5 nitrogen and oxygen atoms in total. The molecular formula is C18H17N3O2S. The Morgan fingerprint density at radius 2 is 2.12 bits per heavy atom. The fourth-order valence-corrected chi connectivity index (χ4v) is 3.00. The lowest BCUT2D eigenvalue weighted by atomic mass is 10.2. The van der Waals surface area contributed by atoms with Gasteiger partial charge in [0.05, 0.1) is 17.4 Å². The summed E-state index contributed by atoms with van der Waals surface area (Å²) in [4.78, 5) is 34.3. The van der Waals surface area contributed by atoms with E-state index in [0.29, 0.717) is 23.3 Å². The van der Waals surface area contributed by atoms with Crippen molar-refractivity contribution in [3.63, 3.8) is 0 Å². The number of carbonyl (C=O) groups excluding carboxylic acids is 1. The van der Waals surface area contributed by atoms with Gasteiger partial charge in [0.25, 0.3) is 5.56 Å². The van der Waals surface area contributed by atoms with E-state index in [-0.39, 0.29) is 18.0 Å². The highest BCUT2D eigenvalue weighted by Crippen LogP contribution is 2.11. The Bertz CT molecular complexity index is 929. The topological polar surface area (TPSA) is 66.1 Å². The molecule has 0 radical (unpaired) electrons. The number of hydrogen-bond acceptors (Lipinski definition) is 4. The van der Waals surface area contributed by atoms with Crippen LogP contribution in [0.1, 0.15) is 17.6 Å². The average Bonchev–Trinajstić information content (AvgIpc) is 3.11. The van der Waals surface area contributed by atoms with E-state index in [4.69, 9.17) is 0 Å². The van der Waals surface area contributed by atoms with E-state index >= 15 is 0 Å². The van der Waals surface area contributed by atoms with Crippen LogP contribution in [0, 0.1) is 0 Å². The van der Waals surface area contributed by atoms with Crippen LogP contribution in [-0.4, -0.2) is 27.3 Å². The number of thiophene rings is 1. The minimum absolute atomic E-state index is 0.110. The predicted molar refractivity (Wildman–Crippen MR) is 96.8 cm³/mol. The van der Waals surface area contributed by atoms with Gasteiger partial charge in [0.15, 0.2) is 0 Å². The summed E-state index contributed by atoms with van der Waals surface area (Å²) in [7, 11) is 0. The van der Waals surface area contributed by atoms with Crippen molar-refractivity contribution in [2.45, 2.75) is 13.5 Å². The molecule has 122 valence electrons. The molecule has 2 heterocycles. The Kier molecular flexibility index (Phi) is 4.86. The fourth-order valence-electron chi connectivity index (χ4n) is 2.38. The highest BCUT2D eigenvalue weighted by atomic mass is 32.1. The van der Waals surface area contributed by atoms with Crippen molar-refractivity contribution >= 4 is 34.2 Å². The summed E-state index contributed by atoms with van der Waals surface area (Å²) < 4.78 is 0. The lowest BCUT2D eigenvalue weighted by Gasteiger charge is -2.18. The van der Waals surface area contributed by atoms with Gasteiger partial charge in [0, 0.05) is 17.5 Å². The first kappa shape index (κ1) is 16.1. The quantitative estimate of drug-likeness (QED) is 0.727. The number of rotatable bonds is 5. The maximum absolute atomic E-state index is 12.3. The zero-order valence-corrected chi connectivity index (χ0v) is 14.0. The maximum atomic E-state index is 12.3. The smallest absolute Gasteiger partial charge is 0.258 e. The number of nitrogens with one attached hydrogen (secondary N) is 1. The maximum Gasteiger partial charge on any atom is 0.258 e. The molecule has 0 atom stereocenters. The van der Waals surface area contributed by atoms with Gasteiger partial charge < -0.3 is 9.88 Å². The molecule has 6 heteroatoms. The summed E-state index contributed by atoms with van der Waals surface area (Å²) in [5, 5.41) is 2.51. The minimum Gasteiger partial charge on any atom is -0.332 e. The predicted octanol–water partition coefficient (Wildman–Crippen LogP) is 3.05. The van der Waals surface area contributed by atoms with Gasteiger partial charge in [0.1, 0.15) is 5.82 Å². The third-order valence-electron chi connectivity index (χ3n) is 3.63. The molecule has 0 unspecified atom stereocenters. The van der Waals surface area contributed by atoms with E-state index in [2.05, 4.69) is 9.97 Å². The molecule has 0 bridgehead atoms. The van der Waals surface area contributed by atoms with Crippen LogP contribution in [0.4, 0.5) is 0 Å². The van der Waals surface area contributed by atoms with Gasteiger partial charge in [-0.15, -0.1) is 11.3 Å². The van der Waals surface area contributed by atoms with Crippen molar-refractivity contribution in [3.8, 4) is 0 Å². The third kappa shape index (κ3) is 3.60. The first-order chi connectivity index (χ1) is 11.7. The number of amides is 1. The Morgan fingerprint density at radius 1 is 1.29 bits per heavy atom. The summed E-state index contributed by atoms with van der Waals surface area (Å²) in [6.07, 6.45) is 3.35. The largest absolute Gasteiger partial charge is 0.332 e. The Hall–Kier alpha value is -2.73. The lowest BCUT2D eigenvalue weighted by Crippen LogP contribution is -2.30. The second-order valence-corrected chi connectivity index (χ2v) is 6.21. The van der Waals surface area contributed by atoms with Crippen molar-refractivity contribution in [2.24, 2.45) is 0 Å². The van der Waals surface area contributed by atoms with E-state index in [1.807, 2.05) is 30.5 Å². The summed E-state index contributed by atoms with van der Waals surface area (Å²) in [6, 6.07) is 11.1. The molecule has 0 spiro atoms. The van der Waals surface area contributed by atoms with Gasteiger partial charge in [0.2, 0.25) is 5.91 Å². The molecule has 3 rings (SSSR count). The Morgan fingerprint density at radius 3 is 2.88 bits per heavy atom. The van der Waals surface area contributed by atoms with Crippen molar-refractivity contribution in [1.29, 1.82) is 0 Å².